The van der Waals surface area contributed by atoms with Crippen molar-refractivity contribution in [3.8, 4) is 0 Å². The Labute approximate surface area is 405 Å². The van der Waals surface area contributed by atoms with Gasteiger partial charge in [0, 0.05) is 31.4 Å². The summed E-state index contributed by atoms with van der Waals surface area (Å²) in [6.45, 7) is 3.66. The van der Waals surface area contributed by atoms with E-state index < -0.39 is 120 Å². The Balaban J connectivity index is 1.87. The number of phosphoric acid groups is 2. The SMILES string of the molecule is CCCCC[C@H](O)C=C[C@@H]1[C@H](O)[C@H](O)[C@H]2COP(=O)(O)OP(=O)(O)OC[C@@H](COC(=O)CCCCCCCCCCC(C)C)OC(=O)CCCC=CC[C@@H](C(=O)C[C@H]1O)[C@H](n1ccc(N)nc1=O)O2. The summed E-state index contributed by atoms with van der Waals surface area (Å²) in [6.07, 6.45) is 6.37. The molecule has 1 aromatic heterocycles. The molecule has 21 nitrogen and oxygen atoms in total. The first-order chi connectivity index (χ1) is 32.7. The number of carbonyl (C=O) groups is 3. The molecule has 1 saturated heterocycles. The van der Waals surface area contributed by atoms with Crippen LogP contribution in [0.5, 0.6) is 0 Å². The van der Waals surface area contributed by atoms with E-state index in [1.807, 2.05) is 6.92 Å². The first kappa shape index (κ1) is 60.1. The van der Waals surface area contributed by atoms with Gasteiger partial charge >= 0.3 is 33.3 Å². The van der Waals surface area contributed by atoms with Gasteiger partial charge in [-0.25, -0.2) is 13.9 Å². The minimum atomic E-state index is -5.71. The molecule has 11 atom stereocenters. The zero-order chi connectivity index (χ0) is 51.0. The smallest absolute Gasteiger partial charge is 0.462 e. The van der Waals surface area contributed by atoms with Crippen molar-refractivity contribution < 1.29 is 81.3 Å². The molecule has 3 rings (SSSR count). The van der Waals surface area contributed by atoms with Gasteiger partial charge in [0.15, 0.2) is 6.10 Å². The lowest BCUT2D eigenvalue weighted by molar-refractivity contribution is -0.183. The number of cyclic esters (lactones) is 1. The number of anilines is 1. The van der Waals surface area contributed by atoms with Gasteiger partial charge in [-0.05, 0) is 44.1 Å². The predicted molar refractivity (Wildman–Crippen MR) is 253 cm³/mol. The van der Waals surface area contributed by atoms with E-state index in [0.29, 0.717) is 25.2 Å². The van der Waals surface area contributed by atoms with Crippen molar-refractivity contribution in [2.75, 3.05) is 25.6 Å². The minimum absolute atomic E-state index is 0.0757. The van der Waals surface area contributed by atoms with E-state index in [2.05, 4.69) is 23.1 Å². The van der Waals surface area contributed by atoms with Gasteiger partial charge < -0.3 is 50.2 Å². The fourth-order valence-electron chi connectivity index (χ4n) is 7.89. The third-order valence-electron chi connectivity index (χ3n) is 11.8. The number of aliphatic hydroxyl groups excluding tert-OH is 4. The molecule has 2 aliphatic rings. The van der Waals surface area contributed by atoms with Crippen LogP contribution in [-0.2, 0) is 51.1 Å². The maximum atomic E-state index is 14.2. The van der Waals surface area contributed by atoms with E-state index in [0.717, 1.165) is 49.3 Å². The molecule has 69 heavy (non-hydrogen) atoms. The highest BCUT2D eigenvalue weighted by Gasteiger charge is 2.45. The van der Waals surface area contributed by atoms with Crippen LogP contribution in [0.15, 0.2) is 41.4 Å². The Bertz CT molecular complexity index is 1930. The van der Waals surface area contributed by atoms with Gasteiger partial charge in [0.05, 0.1) is 37.4 Å². The Kier molecular flexibility index (Phi) is 27.3. The second-order valence-corrected chi connectivity index (χ2v) is 21.3. The molecule has 0 radical (unpaired) electrons. The van der Waals surface area contributed by atoms with Crippen LogP contribution < -0.4 is 11.4 Å². The molecule has 0 spiro atoms. The topological polar surface area (TPSA) is 323 Å². The lowest BCUT2D eigenvalue weighted by Crippen LogP contribution is -2.51. The monoisotopic (exact) mass is 1020 g/mol. The summed E-state index contributed by atoms with van der Waals surface area (Å²) in [4.78, 5) is 78.1. The lowest BCUT2D eigenvalue weighted by atomic mass is 9.83. The van der Waals surface area contributed by atoms with E-state index in [1.54, 1.807) is 12.2 Å². The number of ether oxygens (including phenoxy) is 3. The number of nitrogens with zero attached hydrogens (tertiary/aromatic N) is 2. The summed E-state index contributed by atoms with van der Waals surface area (Å²) in [5.41, 5.74) is 4.71. The van der Waals surface area contributed by atoms with Crippen molar-refractivity contribution >= 4 is 39.2 Å². The molecule has 8 N–H and O–H groups in total. The molecule has 2 bridgehead atoms. The third kappa shape index (κ3) is 23.3. The van der Waals surface area contributed by atoms with E-state index in [-0.39, 0.29) is 37.9 Å². The standard InChI is InChI=1S/C46H77N3O18P2/c1-4-5-14-20-33(50)24-25-35-37(51)28-38(52)36-21-16-12-13-18-23-42(54)65-34(29-62-41(53)22-17-11-9-7-6-8-10-15-19-32(2)3)30-63-68(58,59)67-69(60,61)64-31-39(44(56)43(35)55)66-45(36)49-27-26-40(47)48-46(49)57/h12,16,24-27,32-37,39,43-45,50-51,55-56H,4-11,13-15,17-23,28-31H2,1-3H3,(H,58,59)(H,60,61)(H2,47,48,57)/t33-,34+,35-,36-,37+,39+,43-,44+,45+/m0/s1. The number of nitrogen functional groups attached to an aromatic ring is 1. The van der Waals surface area contributed by atoms with Crippen molar-refractivity contribution in [1.29, 1.82) is 0 Å². The quantitative estimate of drug-likeness (QED) is 0.0346. The van der Waals surface area contributed by atoms with E-state index >= 15 is 0 Å². The molecule has 1 fully saturated rings. The average molecular weight is 1020 g/mol. The molecule has 394 valence electrons. The van der Waals surface area contributed by atoms with Gasteiger partial charge in [-0.2, -0.15) is 9.29 Å². The summed E-state index contributed by atoms with van der Waals surface area (Å²) in [5, 5.41) is 45.4. The number of Topliss-reactive ketones (excluding diaryl/α,β-unsaturated/α-hetero) is 1. The second kappa shape index (κ2) is 31.3. The number of allylic oxidation sites excluding steroid dienone is 2. The van der Waals surface area contributed by atoms with Crippen molar-refractivity contribution in [1.82, 2.24) is 9.55 Å². The van der Waals surface area contributed by atoms with Gasteiger partial charge in [-0.3, -0.25) is 28.0 Å². The van der Waals surface area contributed by atoms with Gasteiger partial charge in [0.25, 0.3) is 0 Å². The predicted octanol–water partition coefficient (Wildman–Crippen LogP) is 5.89. The molecule has 3 heterocycles. The van der Waals surface area contributed by atoms with Crippen molar-refractivity contribution in [3.63, 3.8) is 0 Å². The van der Waals surface area contributed by atoms with Crippen LogP contribution >= 0.6 is 15.6 Å². The van der Waals surface area contributed by atoms with Crippen molar-refractivity contribution in [3.05, 3.63) is 47.1 Å². The largest absolute Gasteiger partial charge is 0.481 e. The number of fused-ring (bicyclic) bond motifs is 3. The Morgan fingerprint density at radius 1 is 0.928 bits per heavy atom. The number of hydrogen-bond donors (Lipinski definition) is 7. The number of rotatable bonds is 20. The highest BCUT2D eigenvalue weighted by atomic mass is 31.3. The maximum absolute atomic E-state index is 14.2. The second-order valence-electron chi connectivity index (χ2n) is 18.2. The highest BCUT2D eigenvalue weighted by Crippen LogP contribution is 2.60. The zero-order valence-corrected chi connectivity index (χ0v) is 42.0. The molecule has 2 unspecified atom stereocenters. The zero-order valence-electron chi connectivity index (χ0n) is 40.2. The Morgan fingerprint density at radius 3 is 2.25 bits per heavy atom. The Morgan fingerprint density at radius 2 is 1.58 bits per heavy atom. The summed E-state index contributed by atoms with van der Waals surface area (Å²) in [7, 11) is -11.3. The number of carbonyl (C=O) groups excluding carboxylic acids is 3. The third-order valence-corrected chi connectivity index (χ3v) is 14.4. The normalized spacial score (nSPS) is 30.0. The van der Waals surface area contributed by atoms with Gasteiger partial charge in [-0.15, -0.1) is 0 Å². The Hall–Kier alpha value is -3.17. The highest BCUT2D eigenvalue weighted by molar-refractivity contribution is 7.61. The summed E-state index contributed by atoms with van der Waals surface area (Å²) >= 11 is 0. The number of ketones is 1. The number of aliphatic hydroxyl groups is 4. The van der Waals surface area contributed by atoms with Gasteiger partial charge in [-0.1, -0.05) is 116 Å². The van der Waals surface area contributed by atoms with Crippen LogP contribution in [-0.4, -0.2) is 114 Å². The number of hydrogen-bond acceptors (Lipinski definition) is 18. The van der Waals surface area contributed by atoms with E-state index in [1.165, 1.54) is 43.9 Å². The summed E-state index contributed by atoms with van der Waals surface area (Å²) < 4.78 is 58.6. The number of unbranched alkanes of at least 4 members (excludes halogenated alkanes) is 9. The number of aromatic nitrogens is 2. The summed E-state index contributed by atoms with van der Waals surface area (Å²) in [6, 6.07) is 1.21. The fourth-order valence-corrected chi connectivity index (χ4v) is 10.0. The molecular weight excluding hydrogens is 944 g/mol. The molecule has 1 aromatic rings. The van der Waals surface area contributed by atoms with Crippen LogP contribution in [0.25, 0.3) is 0 Å². The average Bonchev–Trinajstić information content (AvgIpc) is 3.27. The van der Waals surface area contributed by atoms with Crippen LogP contribution in [0.3, 0.4) is 0 Å². The van der Waals surface area contributed by atoms with E-state index in [9.17, 15) is 58.5 Å². The summed E-state index contributed by atoms with van der Waals surface area (Å²) in [5.74, 6) is -4.43. The number of esters is 2. The first-order valence-electron chi connectivity index (χ1n) is 24.3. The van der Waals surface area contributed by atoms with Crippen molar-refractivity contribution in [2.24, 2.45) is 17.8 Å². The van der Waals surface area contributed by atoms with Crippen molar-refractivity contribution in [2.45, 2.75) is 186 Å². The van der Waals surface area contributed by atoms with Crippen LogP contribution in [0.2, 0.25) is 0 Å². The number of nitrogens with two attached hydrogens (primary N) is 1. The van der Waals surface area contributed by atoms with Gasteiger partial charge in [0.2, 0.25) is 0 Å². The molecule has 0 amide bonds. The lowest BCUT2D eigenvalue weighted by Gasteiger charge is -2.38. The molecule has 23 heteroatoms. The minimum Gasteiger partial charge on any atom is -0.462 e. The van der Waals surface area contributed by atoms with Crippen LogP contribution in [0, 0.1) is 17.8 Å². The van der Waals surface area contributed by atoms with Crippen LogP contribution in [0.1, 0.15) is 149 Å². The molecule has 0 aromatic carbocycles. The molecular formula is C46H77N3O18P2. The molecule has 2 aliphatic heterocycles. The molecule has 0 saturated carbocycles. The molecule has 0 aliphatic carbocycles. The maximum Gasteiger partial charge on any atom is 0.481 e. The van der Waals surface area contributed by atoms with Gasteiger partial charge in [0.1, 0.15) is 36.6 Å². The van der Waals surface area contributed by atoms with Crippen LogP contribution in [0.4, 0.5) is 5.82 Å². The fraction of sp³-hybridized carbons (Fsp3) is 0.761. The number of phosphoric ester groups is 2. The van der Waals surface area contributed by atoms with E-state index in [4.69, 9.17) is 29.0 Å². The first-order valence-corrected chi connectivity index (χ1v) is 27.3.